The van der Waals surface area contributed by atoms with E-state index >= 15 is 9.59 Å². The molecule has 6 nitrogen and oxygen atoms in total. The Labute approximate surface area is 368 Å². The highest BCUT2D eigenvalue weighted by atomic mass is 16.2. The Morgan fingerprint density at radius 1 is 0.359 bits per heavy atom. The van der Waals surface area contributed by atoms with Crippen LogP contribution in [0.4, 0.5) is 5.69 Å². The number of amides is 2. The first-order chi connectivity index (χ1) is 31.5. The first-order valence-electron chi connectivity index (χ1n) is 21.1. The second-order valence-electron chi connectivity index (χ2n) is 15.8. The molecule has 0 saturated heterocycles. The van der Waals surface area contributed by atoms with Crippen molar-refractivity contribution in [1.29, 1.82) is 0 Å². The molecule has 10 aromatic rings. The molecule has 2 amide bonds. The fourth-order valence-electron chi connectivity index (χ4n) is 9.24. The smallest absolute Gasteiger partial charge is 0.268 e. The van der Waals surface area contributed by atoms with E-state index in [1.807, 2.05) is 150 Å². The first kappa shape index (κ1) is 38.2. The summed E-state index contributed by atoms with van der Waals surface area (Å²) in [7, 11) is 0. The molecule has 0 fully saturated rings. The van der Waals surface area contributed by atoms with Gasteiger partial charge in [-0.15, -0.1) is 0 Å². The van der Waals surface area contributed by atoms with E-state index in [0.717, 1.165) is 33.4 Å². The second kappa shape index (κ2) is 15.6. The van der Waals surface area contributed by atoms with Crippen molar-refractivity contribution in [1.82, 2.24) is 4.57 Å². The van der Waals surface area contributed by atoms with Crippen LogP contribution in [0.5, 0.6) is 0 Å². The minimum Gasteiger partial charge on any atom is -0.308 e. The zero-order valence-electron chi connectivity index (χ0n) is 34.3. The summed E-state index contributed by atoms with van der Waals surface area (Å²) in [6.45, 7) is 0. The molecule has 1 aliphatic rings. The van der Waals surface area contributed by atoms with Gasteiger partial charge < -0.3 is 4.57 Å². The molecular weight excluding hydrogens is 789 g/mol. The van der Waals surface area contributed by atoms with Crippen molar-refractivity contribution in [3.05, 3.63) is 252 Å². The maximum Gasteiger partial charge on any atom is 0.268 e. The molecule has 11 rings (SSSR count). The van der Waals surface area contributed by atoms with Crippen LogP contribution in [-0.2, 0) is 0 Å². The summed E-state index contributed by atoms with van der Waals surface area (Å²) in [5.74, 6) is -1.35. The van der Waals surface area contributed by atoms with Crippen LogP contribution >= 0.6 is 0 Å². The number of benzene rings is 9. The van der Waals surface area contributed by atoms with Crippen LogP contribution < -0.4 is 4.90 Å². The number of carbonyl (C=O) groups excluding carboxylic acids is 4. The summed E-state index contributed by atoms with van der Waals surface area (Å²) in [4.78, 5) is 61.1. The number of fused-ring (bicyclic) bond motifs is 4. The Bertz CT molecular complexity index is 3320. The van der Waals surface area contributed by atoms with E-state index < -0.39 is 11.8 Å². The number of hydrogen-bond acceptors (Lipinski definition) is 4. The highest BCUT2D eigenvalue weighted by Gasteiger charge is 2.42. The molecule has 1 aliphatic heterocycles. The average molecular weight is 825 g/mol. The number of nitrogens with zero attached hydrogens (tertiary/aromatic N) is 2. The predicted octanol–water partition coefficient (Wildman–Crippen LogP) is 13.0. The molecule has 0 spiro atoms. The summed E-state index contributed by atoms with van der Waals surface area (Å²) in [5.41, 5.74) is 9.51. The Kier molecular flexibility index (Phi) is 9.32. The predicted molar refractivity (Wildman–Crippen MR) is 254 cm³/mol. The molecule has 0 N–H and O–H groups in total. The van der Waals surface area contributed by atoms with Gasteiger partial charge in [0.1, 0.15) is 0 Å². The van der Waals surface area contributed by atoms with Crippen LogP contribution in [-0.4, -0.2) is 27.9 Å². The standard InChI is InChI=1S/C58H36N2O4/c61-55(40-25-12-4-13-26-40)43-29-16-32-48-51(43)52-44(56(62)41-27-14-5-15-28-41)30-17-33-49(52)59(48)50-34-18-31-45-53(50)58(64)60(57(45)63)54-46(38-21-8-2-9-22-38)35-42(37-19-6-1-7-20-37)36-47(54)39-23-10-3-11-24-39/h1-36H. The Morgan fingerprint density at radius 2 is 0.781 bits per heavy atom. The van der Waals surface area contributed by atoms with Crippen molar-refractivity contribution in [2.24, 2.45) is 0 Å². The van der Waals surface area contributed by atoms with Crippen molar-refractivity contribution >= 4 is 50.9 Å². The van der Waals surface area contributed by atoms with Crippen LogP contribution in [0.15, 0.2) is 218 Å². The van der Waals surface area contributed by atoms with E-state index in [0.29, 0.717) is 55.4 Å². The van der Waals surface area contributed by atoms with Gasteiger partial charge in [0.15, 0.2) is 11.6 Å². The molecule has 0 aliphatic carbocycles. The third-order valence-electron chi connectivity index (χ3n) is 12.1. The summed E-state index contributed by atoms with van der Waals surface area (Å²) in [6, 6.07) is 68.3. The molecule has 0 unspecified atom stereocenters. The number of ketones is 2. The van der Waals surface area contributed by atoms with Gasteiger partial charge in [-0.3, -0.25) is 19.2 Å². The summed E-state index contributed by atoms with van der Waals surface area (Å²) >= 11 is 0. The summed E-state index contributed by atoms with van der Waals surface area (Å²) < 4.78 is 1.93. The number of aromatic nitrogens is 1. The van der Waals surface area contributed by atoms with Gasteiger partial charge in [-0.1, -0.05) is 182 Å². The Hall–Kier alpha value is -8.74. The van der Waals surface area contributed by atoms with Crippen LogP contribution in [0.2, 0.25) is 0 Å². The van der Waals surface area contributed by atoms with Gasteiger partial charge in [0.2, 0.25) is 0 Å². The van der Waals surface area contributed by atoms with Gasteiger partial charge in [0.05, 0.1) is 33.5 Å². The molecule has 302 valence electrons. The van der Waals surface area contributed by atoms with Crippen molar-refractivity contribution in [2.75, 3.05) is 4.90 Å². The van der Waals surface area contributed by atoms with Gasteiger partial charge in [-0.05, 0) is 58.7 Å². The van der Waals surface area contributed by atoms with Crippen molar-refractivity contribution in [3.8, 4) is 39.1 Å². The normalized spacial score (nSPS) is 12.2. The molecule has 0 bridgehead atoms. The Balaban J connectivity index is 1.17. The zero-order chi connectivity index (χ0) is 43.3. The second-order valence-corrected chi connectivity index (χ2v) is 15.8. The monoisotopic (exact) mass is 824 g/mol. The quantitative estimate of drug-likeness (QED) is 0.107. The van der Waals surface area contributed by atoms with Crippen molar-refractivity contribution in [3.63, 3.8) is 0 Å². The highest BCUT2D eigenvalue weighted by Crippen LogP contribution is 2.47. The molecule has 0 radical (unpaired) electrons. The van der Waals surface area contributed by atoms with Crippen LogP contribution in [0.1, 0.15) is 52.6 Å². The van der Waals surface area contributed by atoms with Crippen molar-refractivity contribution in [2.45, 2.75) is 0 Å². The minimum atomic E-state index is -0.486. The fourth-order valence-corrected chi connectivity index (χ4v) is 9.24. The largest absolute Gasteiger partial charge is 0.308 e. The van der Waals surface area contributed by atoms with Crippen LogP contribution in [0, 0.1) is 0 Å². The Morgan fingerprint density at radius 3 is 1.25 bits per heavy atom. The fraction of sp³-hybridized carbons (Fsp3) is 0. The van der Waals surface area contributed by atoms with E-state index in [9.17, 15) is 9.59 Å². The maximum atomic E-state index is 15.6. The van der Waals surface area contributed by atoms with Gasteiger partial charge in [0.25, 0.3) is 11.8 Å². The number of carbonyl (C=O) groups is 4. The maximum absolute atomic E-state index is 15.6. The van der Waals surface area contributed by atoms with Crippen LogP contribution in [0.3, 0.4) is 0 Å². The van der Waals surface area contributed by atoms with E-state index in [-0.39, 0.29) is 22.7 Å². The van der Waals surface area contributed by atoms with E-state index in [1.54, 1.807) is 48.5 Å². The first-order valence-corrected chi connectivity index (χ1v) is 21.1. The van der Waals surface area contributed by atoms with Gasteiger partial charge in [-0.2, -0.15) is 0 Å². The molecule has 2 heterocycles. The number of rotatable bonds is 9. The van der Waals surface area contributed by atoms with Gasteiger partial charge >= 0.3 is 0 Å². The average Bonchev–Trinajstić information content (AvgIpc) is 3.84. The molecule has 0 saturated carbocycles. The van der Waals surface area contributed by atoms with E-state index in [1.165, 1.54) is 4.90 Å². The number of hydrogen-bond donors (Lipinski definition) is 0. The lowest BCUT2D eigenvalue weighted by Crippen LogP contribution is -2.30. The third kappa shape index (κ3) is 6.19. The SMILES string of the molecule is O=C(c1ccccc1)c1cccc2c1c1c(C(=O)c3ccccc3)cccc1n2-c1cccc2c1C(=O)N(c1c(-c3ccccc3)cc(-c3ccccc3)cc1-c1ccccc1)C2=O. The molecule has 0 atom stereocenters. The molecular formula is C58H36N2O4. The molecule has 1 aromatic heterocycles. The van der Waals surface area contributed by atoms with Crippen molar-refractivity contribution < 1.29 is 19.2 Å². The summed E-state index contributed by atoms with van der Waals surface area (Å²) in [5, 5.41) is 1.15. The van der Waals surface area contributed by atoms with Gasteiger partial charge in [0, 0.05) is 44.2 Å². The number of imide groups is 1. The topological polar surface area (TPSA) is 76.5 Å². The van der Waals surface area contributed by atoms with Gasteiger partial charge in [-0.25, -0.2) is 4.90 Å². The minimum absolute atomic E-state index is 0.205. The lowest BCUT2D eigenvalue weighted by Gasteiger charge is -2.24. The summed E-state index contributed by atoms with van der Waals surface area (Å²) in [6.07, 6.45) is 0. The lowest BCUT2D eigenvalue weighted by atomic mass is 9.90. The van der Waals surface area contributed by atoms with E-state index in [4.69, 9.17) is 0 Å². The number of anilines is 1. The van der Waals surface area contributed by atoms with E-state index in [2.05, 4.69) is 24.3 Å². The van der Waals surface area contributed by atoms with Crippen LogP contribution in [0.25, 0.3) is 60.9 Å². The molecule has 6 heteroatoms. The zero-order valence-corrected chi connectivity index (χ0v) is 34.3. The highest BCUT2D eigenvalue weighted by molar-refractivity contribution is 6.38. The molecule has 9 aromatic carbocycles. The molecule has 64 heavy (non-hydrogen) atoms. The lowest BCUT2D eigenvalue weighted by molar-refractivity contribution is 0.0924. The third-order valence-corrected chi connectivity index (χ3v) is 12.1.